The van der Waals surface area contributed by atoms with Crippen LogP contribution < -0.4 is 26.6 Å². The number of thiophene rings is 1. The van der Waals surface area contributed by atoms with Crippen molar-refractivity contribution in [1.82, 2.24) is 92.1 Å². The van der Waals surface area contributed by atoms with Gasteiger partial charge >= 0.3 is 0 Å². The molecule has 3 aliphatic rings. The Morgan fingerprint density at radius 2 is 0.640 bits per heavy atom. The van der Waals surface area contributed by atoms with Gasteiger partial charge in [-0.05, 0) is 324 Å². The number of benzene rings is 7. The van der Waals surface area contributed by atoms with Gasteiger partial charge in [0.2, 0.25) is 0 Å². The third-order valence-corrected chi connectivity index (χ3v) is 28.8. The van der Waals surface area contributed by atoms with Gasteiger partial charge in [-0.25, -0.2) is 47.5 Å². The van der Waals surface area contributed by atoms with E-state index in [1.165, 1.54) is 97.6 Å². The summed E-state index contributed by atoms with van der Waals surface area (Å²) in [6.45, 7) is 19.0. The smallest absolute Gasteiger partial charge is 0.154 e. The molecule has 0 saturated heterocycles. The number of aliphatic hydroxyl groups excluding tert-OH is 3. The molecule has 702 valence electrons. The van der Waals surface area contributed by atoms with Crippen molar-refractivity contribution in [2.45, 2.75) is 176 Å². The third-order valence-electron chi connectivity index (χ3n) is 27.6. The number of aromatic nitrogens is 19. The van der Waals surface area contributed by atoms with Crippen molar-refractivity contribution in [3.8, 4) is 56.1 Å². The lowest BCUT2D eigenvalue weighted by molar-refractivity contribution is 0.125. The molecule has 0 amide bonds. The van der Waals surface area contributed by atoms with E-state index < -0.39 is 0 Å². The van der Waals surface area contributed by atoms with E-state index in [0.717, 1.165) is 208 Å². The SMILES string of the molecule is Cc1ccc(Nc2ccc3ncc(-c4cc5cccc(C)c5[nH]4)n3n2)cc1C.Cc1ccc2c(c1)cc(-c1cnc3ccc(NC4CCC(O)CC4)nn13)n2C.Cc1ccc2c(c1)cc(-c1cnc3ccc(Nc4ccc(C)c(C)c4)nn13)n2C.Cc1ccc2sc(-c3cnc4ccc(NC5CCC(O)CC5)nn34)cc2c1.Cc1cccc2cc(-c3cnc4ccc(NC5CCC(O)CC5)nn34)[nH]c12. The minimum atomic E-state index is -0.149. The Hall–Kier alpha value is -15.4. The number of imidazole rings is 5. The first-order valence-electron chi connectivity index (χ1n) is 48.1. The summed E-state index contributed by atoms with van der Waals surface area (Å²) in [6.07, 6.45) is 19.9. The quantitative estimate of drug-likeness (QED) is 0.0456. The van der Waals surface area contributed by atoms with E-state index in [1.54, 1.807) is 11.3 Å². The summed E-state index contributed by atoms with van der Waals surface area (Å²) in [6, 6.07) is 76.7. The summed E-state index contributed by atoms with van der Waals surface area (Å²) >= 11 is 1.77. The predicted octanol–water partition coefficient (Wildman–Crippen LogP) is 23.6. The average molecular weight is 1860 g/mol. The van der Waals surface area contributed by atoms with Crippen LogP contribution in [0.1, 0.15) is 127 Å². The van der Waals surface area contributed by atoms with Crippen molar-refractivity contribution in [1.29, 1.82) is 0 Å². The molecule has 25 rings (SSSR count). The Morgan fingerprint density at radius 1 is 0.295 bits per heavy atom. The van der Waals surface area contributed by atoms with E-state index in [-0.39, 0.29) is 18.3 Å². The van der Waals surface area contributed by atoms with Crippen LogP contribution >= 0.6 is 11.3 Å². The van der Waals surface area contributed by atoms with Crippen molar-refractivity contribution < 1.29 is 15.3 Å². The van der Waals surface area contributed by atoms with Gasteiger partial charge in [-0.3, -0.25) is 0 Å². The van der Waals surface area contributed by atoms with E-state index in [0.29, 0.717) is 18.1 Å². The first kappa shape index (κ1) is 90.1. The highest BCUT2D eigenvalue weighted by atomic mass is 32.1. The van der Waals surface area contributed by atoms with Gasteiger partial charge in [0, 0.05) is 91.9 Å². The number of aromatic amines is 2. The molecule has 3 aliphatic carbocycles. The highest BCUT2D eigenvalue weighted by molar-refractivity contribution is 7.22. The second kappa shape index (κ2) is 38.3. The van der Waals surface area contributed by atoms with Gasteiger partial charge in [0.25, 0.3) is 0 Å². The van der Waals surface area contributed by atoms with Crippen LogP contribution in [0, 0.1) is 62.3 Å². The average Bonchev–Trinajstić information content (AvgIpc) is 1.68. The molecule has 15 aromatic heterocycles. The zero-order chi connectivity index (χ0) is 95.4. The zero-order valence-corrected chi connectivity index (χ0v) is 80.8. The van der Waals surface area contributed by atoms with Gasteiger partial charge in [-0.2, -0.15) is 0 Å². The lowest BCUT2D eigenvalue weighted by atomic mass is 9.93. The van der Waals surface area contributed by atoms with Crippen LogP contribution in [0.4, 0.5) is 40.5 Å². The summed E-state index contributed by atoms with van der Waals surface area (Å²) in [5, 5.41) is 76.6. The summed E-state index contributed by atoms with van der Waals surface area (Å²) in [5.74, 6) is 4.12. The van der Waals surface area contributed by atoms with Crippen LogP contribution in [0.5, 0.6) is 0 Å². The molecular formula is C111H114N24O3S. The Morgan fingerprint density at radius 3 is 1.03 bits per heavy atom. The van der Waals surface area contributed by atoms with Gasteiger partial charge in [0.1, 0.15) is 45.9 Å². The topological polar surface area (TPSA) is 313 Å². The maximum Gasteiger partial charge on any atom is 0.154 e. The number of hydrogen-bond acceptors (Lipinski definition) is 19. The van der Waals surface area contributed by atoms with E-state index in [4.69, 9.17) is 25.5 Å². The molecule has 28 heteroatoms. The lowest BCUT2D eigenvalue weighted by Crippen LogP contribution is -2.28. The first-order valence-corrected chi connectivity index (χ1v) is 48.9. The Bertz CT molecular complexity index is 8290. The van der Waals surface area contributed by atoms with Crippen molar-refractivity contribution >= 4 is 134 Å². The summed E-state index contributed by atoms with van der Waals surface area (Å²) in [7, 11) is 4.17. The van der Waals surface area contributed by atoms with Gasteiger partial charge in [0.05, 0.1) is 76.9 Å². The molecule has 139 heavy (non-hydrogen) atoms. The maximum absolute atomic E-state index is 9.71. The number of nitrogens with zero attached hydrogens (tertiary/aromatic N) is 17. The minimum absolute atomic E-state index is 0.143. The second-order valence-electron chi connectivity index (χ2n) is 37.9. The molecule has 10 N–H and O–H groups in total. The molecule has 15 heterocycles. The van der Waals surface area contributed by atoms with Gasteiger partial charge in [0.15, 0.2) is 39.9 Å². The van der Waals surface area contributed by atoms with E-state index in [1.807, 2.05) is 114 Å². The molecule has 7 aromatic carbocycles. The van der Waals surface area contributed by atoms with Gasteiger partial charge in [-0.15, -0.1) is 36.8 Å². The van der Waals surface area contributed by atoms with E-state index >= 15 is 0 Å². The van der Waals surface area contributed by atoms with Gasteiger partial charge < -0.3 is 61.0 Å². The van der Waals surface area contributed by atoms with Crippen LogP contribution in [0.3, 0.4) is 0 Å². The predicted molar refractivity (Wildman–Crippen MR) is 562 cm³/mol. The first-order chi connectivity index (χ1) is 67.5. The van der Waals surface area contributed by atoms with Crippen LogP contribution in [-0.4, -0.2) is 144 Å². The molecule has 0 spiro atoms. The van der Waals surface area contributed by atoms with Crippen molar-refractivity contribution in [2.75, 3.05) is 26.6 Å². The molecule has 0 bridgehead atoms. The number of para-hydroxylation sites is 2. The standard InChI is InChI=1S/C24H23N5.C23H21N5.C22H25N5O.C21H23N5O.C21H22N4OS/c1-15-5-8-20-18(11-15)13-21(28(20)4)22-14-25-24-10-9-23(27-29(22)24)26-19-7-6-16(2)17(3)12-19;1-14-7-8-18(11-16(14)3)25-21-9-10-22-24-13-20(28(22)27-21)19-12-17-6-4-5-15(2)23(17)26-19;1-14-3-8-18-15(11-14)12-19(26(18)2)20-13-23-22-10-9-21(25-27(20)22)24-16-4-6-17(28)7-5-16;1-13-3-2-4-14-11-17(24-21(13)14)18-12-22-20-10-9-19(25-26(18)20)23-15-5-7-16(27)8-6-15;1-13-2-7-18-14(10-13)11-19(27-18)17-12-22-21-9-8-20(24-25(17)21)23-15-3-5-16(26)6-4-15/h5-14H,1-4H3,(H,26,27);4-13,26H,1-3H3,(H,25,27);3,8-13,16-17,28H,4-7H2,1-2H3,(H,24,25);2-4,9-12,15-16,24,27H,5-8H2,1H3,(H,23,25);2,7-12,15-16,26H,3-6H2,1H3,(H,23,24). The van der Waals surface area contributed by atoms with Crippen molar-refractivity contribution in [3.05, 3.63) is 299 Å². The molecule has 27 nitrogen and oxygen atoms in total. The van der Waals surface area contributed by atoms with Crippen LogP contribution in [0.2, 0.25) is 0 Å². The van der Waals surface area contributed by atoms with E-state index in [2.05, 4.69) is 305 Å². The number of aryl methyl sites for hydroxylation is 11. The van der Waals surface area contributed by atoms with Crippen molar-refractivity contribution in [2.24, 2.45) is 14.1 Å². The fourth-order valence-corrected chi connectivity index (χ4v) is 20.5. The second-order valence-corrected chi connectivity index (χ2v) is 38.9. The van der Waals surface area contributed by atoms with Gasteiger partial charge in [-0.1, -0.05) is 89.5 Å². The monoisotopic (exact) mass is 1860 g/mol. The normalized spacial score (nSPS) is 16.6. The highest BCUT2D eigenvalue weighted by Gasteiger charge is 2.26. The zero-order valence-electron chi connectivity index (χ0n) is 80.0. The van der Waals surface area contributed by atoms with Crippen molar-refractivity contribution in [3.63, 3.8) is 0 Å². The third kappa shape index (κ3) is 19.1. The van der Waals surface area contributed by atoms with Crippen LogP contribution in [0.15, 0.2) is 249 Å². The molecule has 22 aromatic rings. The van der Waals surface area contributed by atoms with Crippen LogP contribution in [0.25, 0.3) is 138 Å². The molecular weight excluding hydrogens is 1750 g/mol. The molecule has 3 saturated carbocycles. The number of H-pyrrole nitrogens is 2. The number of hydrogen-bond donors (Lipinski definition) is 10. The lowest BCUT2D eigenvalue weighted by Gasteiger charge is -2.26. The molecule has 3 fully saturated rings. The number of rotatable bonds is 15. The molecule has 0 aliphatic heterocycles. The van der Waals surface area contributed by atoms with Crippen LogP contribution in [-0.2, 0) is 14.1 Å². The summed E-state index contributed by atoms with van der Waals surface area (Å²) < 4.78 is 15.2. The maximum atomic E-state index is 9.71. The number of anilines is 7. The Balaban J connectivity index is 0.000000103. The summed E-state index contributed by atoms with van der Waals surface area (Å²) in [5.41, 5.74) is 31.3. The number of nitrogens with one attached hydrogen (secondary N) is 7. The Kier molecular flexibility index (Phi) is 24.8. The molecule has 0 unspecified atom stereocenters. The number of aliphatic hydroxyl groups is 3. The summed E-state index contributed by atoms with van der Waals surface area (Å²) in [4.78, 5) is 30.9. The number of fused-ring (bicyclic) bond motifs is 10. The minimum Gasteiger partial charge on any atom is -0.393 e. The highest BCUT2D eigenvalue weighted by Crippen LogP contribution is 2.39. The molecule has 0 atom stereocenters. The Labute approximate surface area is 808 Å². The fraction of sp³-hybridized carbons (Fsp3) is 0.261. The molecule has 0 radical (unpaired) electrons. The fourth-order valence-electron chi connectivity index (χ4n) is 19.4. The largest absolute Gasteiger partial charge is 0.393 e. The van der Waals surface area contributed by atoms with E-state index in [9.17, 15) is 15.3 Å².